The first-order chi connectivity index (χ1) is 9.85. The highest BCUT2D eigenvalue weighted by Crippen LogP contribution is 2.07. The highest BCUT2D eigenvalue weighted by atomic mass is 32.2. The molecule has 0 aliphatic carbocycles. The Morgan fingerprint density at radius 3 is 2.71 bits per heavy atom. The van der Waals surface area contributed by atoms with Crippen LogP contribution in [0.4, 0.5) is 0 Å². The lowest BCUT2D eigenvalue weighted by Gasteiger charge is -2.12. The Morgan fingerprint density at radius 2 is 2.10 bits per heavy atom. The van der Waals surface area contributed by atoms with Gasteiger partial charge in [0.2, 0.25) is 10.0 Å². The SMILES string of the molecule is CCOC(C)CNS(=O)(=O)c1cnn(CCNC(C)C)c1. The molecule has 1 aromatic heterocycles. The lowest BCUT2D eigenvalue weighted by Crippen LogP contribution is -2.32. The van der Waals surface area contributed by atoms with Crippen LogP contribution in [0.1, 0.15) is 27.7 Å². The fourth-order valence-corrected chi connectivity index (χ4v) is 2.79. The monoisotopic (exact) mass is 318 g/mol. The molecule has 8 heteroatoms. The van der Waals surface area contributed by atoms with E-state index in [0.717, 1.165) is 6.54 Å². The Hall–Kier alpha value is -0.960. The maximum Gasteiger partial charge on any atom is 0.243 e. The summed E-state index contributed by atoms with van der Waals surface area (Å²) in [7, 11) is -3.53. The van der Waals surface area contributed by atoms with Crippen LogP contribution in [0.2, 0.25) is 0 Å². The zero-order valence-electron chi connectivity index (χ0n) is 13.2. The average molecular weight is 318 g/mol. The van der Waals surface area contributed by atoms with E-state index >= 15 is 0 Å². The number of nitrogens with one attached hydrogen (secondary N) is 2. The van der Waals surface area contributed by atoms with E-state index in [1.54, 1.807) is 4.68 Å². The van der Waals surface area contributed by atoms with Crippen molar-refractivity contribution in [1.82, 2.24) is 19.8 Å². The molecule has 0 aliphatic rings. The first-order valence-corrected chi connectivity index (χ1v) is 8.70. The van der Waals surface area contributed by atoms with Gasteiger partial charge in [0.05, 0.1) is 18.8 Å². The smallest absolute Gasteiger partial charge is 0.243 e. The maximum atomic E-state index is 12.1. The van der Waals surface area contributed by atoms with Gasteiger partial charge < -0.3 is 10.1 Å². The molecule has 122 valence electrons. The molecular formula is C13H26N4O3S. The second-order valence-corrected chi connectivity index (χ2v) is 6.93. The maximum absolute atomic E-state index is 12.1. The number of ether oxygens (including phenoxy) is 1. The van der Waals surface area contributed by atoms with E-state index in [0.29, 0.717) is 19.2 Å². The summed E-state index contributed by atoms with van der Waals surface area (Å²) in [6.07, 6.45) is 2.74. The van der Waals surface area contributed by atoms with Gasteiger partial charge in [-0.25, -0.2) is 13.1 Å². The van der Waals surface area contributed by atoms with Crippen molar-refractivity contribution in [1.29, 1.82) is 0 Å². The molecule has 21 heavy (non-hydrogen) atoms. The number of aromatic nitrogens is 2. The van der Waals surface area contributed by atoms with Crippen LogP contribution in [0, 0.1) is 0 Å². The van der Waals surface area contributed by atoms with Crippen molar-refractivity contribution < 1.29 is 13.2 Å². The molecule has 0 bridgehead atoms. The van der Waals surface area contributed by atoms with Crippen LogP contribution in [0.15, 0.2) is 17.3 Å². The second-order valence-electron chi connectivity index (χ2n) is 5.17. The number of rotatable bonds is 10. The summed E-state index contributed by atoms with van der Waals surface area (Å²) in [5, 5.41) is 7.32. The predicted molar refractivity (Wildman–Crippen MR) is 81.6 cm³/mol. The Balaban J connectivity index is 2.53. The molecule has 0 aliphatic heterocycles. The van der Waals surface area contributed by atoms with Crippen molar-refractivity contribution >= 4 is 10.0 Å². The molecule has 0 fully saturated rings. The largest absolute Gasteiger partial charge is 0.377 e. The van der Waals surface area contributed by atoms with Crippen molar-refractivity contribution in [3.63, 3.8) is 0 Å². The molecule has 7 nitrogen and oxygen atoms in total. The van der Waals surface area contributed by atoms with Gasteiger partial charge in [0.15, 0.2) is 0 Å². The van der Waals surface area contributed by atoms with Crippen molar-refractivity contribution in [2.45, 2.75) is 51.3 Å². The minimum absolute atomic E-state index is 0.157. The van der Waals surface area contributed by atoms with Gasteiger partial charge >= 0.3 is 0 Å². The van der Waals surface area contributed by atoms with E-state index in [2.05, 4.69) is 29.0 Å². The van der Waals surface area contributed by atoms with Crippen molar-refractivity contribution in [3.8, 4) is 0 Å². The Kier molecular flexibility index (Phi) is 7.30. The van der Waals surface area contributed by atoms with Crippen LogP contribution < -0.4 is 10.0 Å². The normalized spacial score (nSPS) is 13.8. The van der Waals surface area contributed by atoms with Crippen molar-refractivity contribution in [2.24, 2.45) is 0 Å². The topological polar surface area (TPSA) is 85.2 Å². The third kappa shape index (κ3) is 6.56. The van der Waals surface area contributed by atoms with E-state index in [4.69, 9.17) is 4.74 Å². The van der Waals surface area contributed by atoms with Gasteiger partial charge in [-0.2, -0.15) is 5.10 Å². The molecule has 1 unspecified atom stereocenters. The van der Waals surface area contributed by atoms with Crippen LogP contribution in [0.5, 0.6) is 0 Å². The van der Waals surface area contributed by atoms with Gasteiger partial charge in [0, 0.05) is 31.9 Å². The van der Waals surface area contributed by atoms with Crippen molar-refractivity contribution in [3.05, 3.63) is 12.4 Å². The van der Waals surface area contributed by atoms with E-state index < -0.39 is 10.0 Å². The molecule has 1 aromatic rings. The van der Waals surface area contributed by atoms with Crippen LogP contribution in [-0.4, -0.2) is 50.0 Å². The summed E-state index contributed by atoms with van der Waals surface area (Å²) in [6.45, 7) is 9.99. The summed E-state index contributed by atoms with van der Waals surface area (Å²) in [5.41, 5.74) is 0. The van der Waals surface area contributed by atoms with Gasteiger partial charge in [0.25, 0.3) is 0 Å². The Labute approximate surface area is 127 Å². The fourth-order valence-electron chi connectivity index (χ4n) is 1.73. The zero-order valence-corrected chi connectivity index (χ0v) is 14.0. The number of hydrogen-bond donors (Lipinski definition) is 2. The molecule has 0 aromatic carbocycles. The minimum Gasteiger partial charge on any atom is -0.377 e. The average Bonchev–Trinajstić information content (AvgIpc) is 2.86. The van der Waals surface area contributed by atoms with Gasteiger partial charge in [-0.3, -0.25) is 4.68 Å². The van der Waals surface area contributed by atoms with Gasteiger partial charge in [-0.05, 0) is 13.8 Å². The van der Waals surface area contributed by atoms with E-state index in [-0.39, 0.29) is 17.5 Å². The van der Waals surface area contributed by atoms with E-state index in [1.165, 1.54) is 12.4 Å². The van der Waals surface area contributed by atoms with Crippen molar-refractivity contribution in [2.75, 3.05) is 19.7 Å². The molecule has 1 heterocycles. The molecule has 0 saturated carbocycles. The molecule has 0 amide bonds. The van der Waals surface area contributed by atoms with E-state index in [1.807, 2.05) is 13.8 Å². The molecule has 1 rings (SSSR count). The summed E-state index contributed by atoms with van der Waals surface area (Å²) in [6, 6.07) is 0.394. The summed E-state index contributed by atoms with van der Waals surface area (Å²) < 4.78 is 33.6. The zero-order chi connectivity index (χ0) is 15.9. The third-order valence-corrected chi connectivity index (χ3v) is 4.20. The molecule has 0 saturated heterocycles. The summed E-state index contributed by atoms with van der Waals surface area (Å²) >= 11 is 0. The third-order valence-electron chi connectivity index (χ3n) is 2.83. The number of hydrogen-bond acceptors (Lipinski definition) is 5. The molecule has 0 spiro atoms. The van der Waals surface area contributed by atoms with Crippen LogP contribution in [0.3, 0.4) is 0 Å². The van der Waals surface area contributed by atoms with Gasteiger partial charge in [-0.1, -0.05) is 13.8 Å². The minimum atomic E-state index is -3.53. The fraction of sp³-hybridized carbons (Fsp3) is 0.769. The molecule has 0 radical (unpaired) electrons. The first-order valence-electron chi connectivity index (χ1n) is 7.22. The van der Waals surface area contributed by atoms with Gasteiger partial charge in [0.1, 0.15) is 4.90 Å². The van der Waals surface area contributed by atoms with Crippen LogP contribution in [-0.2, 0) is 21.3 Å². The standard InChI is InChI=1S/C13H26N4O3S/c1-5-20-12(4)8-16-21(18,19)13-9-15-17(10-13)7-6-14-11(2)3/h9-12,14,16H,5-8H2,1-4H3. The Bertz CT molecular complexity index is 513. The number of sulfonamides is 1. The molecular weight excluding hydrogens is 292 g/mol. The second kappa shape index (κ2) is 8.47. The Morgan fingerprint density at radius 1 is 1.38 bits per heavy atom. The van der Waals surface area contributed by atoms with Gasteiger partial charge in [-0.15, -0.1) is 0 Å². The first kappa shape index (κ1) is 18.1. The van der Waals surface area contributed by atoms with Crippen LogP contribution >= 0.6 is 0 Å². The highest BCUT2D eigenvalue weighted by Gasteiger charge is 2.17. The highest BCUT2D eigenvalue weighted by molar-refractivity contribution is 7.89. The molecule has 1 atom stereocenters. The quantitative estimate of drug-likeness (QED) is 0.659. The lowest BCUT2D eigenvalue weighted by atomic mass is 10.4. The number of nitrogens with zero attached hydrogens (tertiary/aromatic N) is 2. The van der Waals surface area contributed by atoms with Crippen LogP contribution in [0.25, 0.3) is 0 Å². The van der Waals surface area contributed by atoms with E-state index in [9.17, 15) is 8.42 Å². The summed E-state index contributed by atoms with van der Waals surface area (Å²) in [4.78, 5) is 0.177. The molecule has 2 N–H and O–H groups in total. The summed E-state index contributed by atoms with van der Waals surface area (Å²) in [5.74, 6) is 0. The lowest BCUT2D eigenvalue weighted by molar-refractivity contribution is 0.0799. The predicted octanol–water partition coefficient (Wildman–Crippen LogP) is 0.584.